The third kappa shape index (κ3) is 3.59. The lowest BCUT2D eigenvalue weighted by Gasteiger charge is -2.16. The fourth-order valence-electron chi connectivity index (χ4n) is 1.70. The van der Waals surface area contributed by atoms with Crippen molar-refractivity contribution in [2.24, 2.45) is 0 Å². The summed E-state index contributed by atoms with van der Waals surface area (Å²) in [5.41, 5.74) is -0.147. The Bertz CT molecular complexity index is 746. The summed E-state index contributed by atoms with van der Waals surface area (Å²) in [6.07, 6.45) is 1.43. The van der Waals surface area contributed by atoms with Gasteiger partial charge in [-0.3, -0.25) is 10.1 Å². The van der Waals surface area contributed by atoms with Gasteiger partial charge in [0.05, 0.1) is 4.92 Å². The Morgan fingerprint density at radius 3 is 2.82 bits per heavy atom. The molecule has 2 heterocycles. The molecule has 0 bridgehead atoms. The van der Waals surface area contributed by atoms with E-state index in [4.69, 9.17) is 0 Å². The van der Waals surface area contributed by atoms with Crippen molar-refractivity contribution in [3.8, 4) is 0 Å². The number of nitrogens with zero attached hydrogens (tertiary/aromatic N) is 3. The molecule has 0 aliphatic rings. The van der Waals surface area contributed by atoms with E-state index in [1.165, 1.54) is 35.7 Å². The number of likely N-dealkylation sites (N-methyl/N-ethyl adjacent to an activating group) is 1. The van der Waals surface area contributed by atoms with E-state index in [-0.39, 0.29) is 28.8 Å². The molecule has 0 saturated heterocycles. The first-order valence-electron chi connectivity index (χ1n) is 6.26. The molecular formula is C12H14N4O4S2. The molecule has 0 saturated carbocycles. The average Bonchev–Trinajstić information content (AvgIpc) is 3.02. The van der Waals surface area contributed by atoms with Crippen molar-refractivity contribution < 1.29 is 13.3 Å². The van der Waals surface area contributed by atoms with Gasteiger partial charge in [-0.15, -0.1) is 11.3 Å². The number of thiophene rings is 1. The van der Waals surface area contributed by atoms with E-state index in [0.717, 1.165) is 11.3 Å². The number of pyridine rings is 1. The molecular weight excluding hydrogens is 328 g/mol. The number of aromatic nitrogens is 1. The van der Waals surface area contributed by atoms with Gasteiger partial charge < -0.3 is 5.32 Å². The van der Waals surface area contributed by atoms with Gasteiger partial charge in [0, 0.05) is 32.4 Å². The van der Waals surface area contributed by atoms with Crippen LogP contribution in [0.25, 0.3) is 0 Å². The quantitative estimate of drug-likeness (QED) is 0.607. The van der Waals surface area contributed by atoms with E-state index >= 15 is 0 Å². The van der Waals surface area contributed by atoms with Crippen LogP contribution in [-0.4, -0.2) is 42.8 Å². The van der Waals surface area contributed by atoms with Gasteiger partial charge in [-0.1, -0.05) is 6.07 Å². The molecule has 118 valence electrons. The maximum Gasteiger partial charge on any atom is 0.311 e. The lowest BCUT2D eigenvalue weighted by molar-refractivity contribution is -0.384. The fourth-order valence-corrected chi connectivity index (χ4v) is 4.07. The first kappa shape index (κ1) is 16.3. The Labute approximate surface area is 131 Å². The van der Waals surface area contributed by atoms with Gasteiger partial charge in [-0.25, -0.2) is 13.4 Å². The zero-order valence-corrected chi connectivity index (χ0v) is 13.3. The molecule has 0 spiro atoms. The topological polar surface area (TPSA) is 105 Å². The van der Waals surface area contributed by atoms with Crippen LogP contribution >= 0.6 is 11.3 Å². The smallest absolute Gasteiger partial charge is 0.311 e. The number of nitro groups is 1. The Morgan fingerprint density at radius 2 is 2.18 bits per heavy atom. The fraction of sp³-hybridized carbons (Fsp3) is 0.250. The van der Waals surface area contributed by atoms with E-state index in [2.05, 4.69) is 10.3 Å². The highest BCUT2D eigenvalue weighted by molar-refractivity contribution is 7.91. The van der Waals surface area contributed by atoms with Gasteiger partial charge in [-0.05, 0) is 17.5 Å². The van der Waals surface area contributed by atoms with Gasteiger partial charge in [0.2, 0.25) is 5.82 Å². The molecule has 22 heavy (non-hydrogen) atoms. The summed E-state index contributed by atoms with van der Waals surface area (Å²) in [4.78, 5) is 14.2. The minimum atomic E-state index is -3.52. The maximum absolute atomic E-state index is 12.2. The van der Waals surface area contributed by atoms with Crippen molar-refractivity contribution >= 4 is 32.9 Å². The van der Waals surface area contributed by atoms with Crippen LogP contribution in [0.1, 0.15) is 0 Å². The summed E-state index contributed by atoms with van der Waals surface area (Å²) in [7, 11) is -2.06. The van der Waals surface area contributed by atoms with Gasteiger partial charge in [0.1, 0.15) is 4.21 Å². The van der Waals surface area contributed by atoms with Gasteiger partial charge in [-0.2, -0.15) is 4.31 Å². The lowest BCUT2D eigenvalue weighted by Crippen LogP contribution is -2.31. The summed E-state index contributed by atoms with van der Waals surface area (Å²) in [5, 5.41) is 15.3. The monoisotopic (exact) mass is 342 g/mol. The molecule has 0 fully saturated rings. The molecule has 0 atom stereocenters. The van der Waals surface area contributed by atoms with Crippen LogP contribution in [0.2, 0.25) is 0 Å². The Balaban J connectivity index is 1.99. The average molecular weight is 342 g/mol. The molecule has 0 radical (unpaired) electrons. The molecule has 0 aliphatic heterocycles. The molecule has 10 heteroatoms. The third-order valence-corrected chi connectivity index (χ3v) is 6.09. The van der Waals surface area contributed by atoms with E-state index in [1.807, 2.05) is 0 Å². The summed E-state index contributed by atoms with van der Waals surface area (Å²) in [6.45, 7) is 0.368. The highest BCUT2D eigenvalue weighted by Gasteiger charge is 2.21. The first-order chi connectivity index (χ1) is 10.4. The van der Waals surface area contributed by atoms with Crippen LogP contribution < -0.4 is 5.32 Å². The van der Waals surface area contributed by atoms with Crippen LogP contribution in [0.3, 0.4) is 0 Å². The van der Waals surface area contributed by atoms with Crippen LogP contribution in [0, 0.1) is 10.1 Å². The van der Waals surface area contributed by atoms with Crippen molar-refractivity contribution in [3.63, 3.8) is 0 Å². The van der Waals surface area contributed by atoms with Crippen molar-refractivity contribution in [2.75, 3.05) is 25.5 Å². The molecule has 0 aromatic carbocycles. The molecule has 8 nitrogen and oxygen atoms in total. The lowest BCUT2D eigenvalue weighted by atomic mass is 10.4. The number of rotatable bonds is 7. The molecule has 2 aromatic heterocycles. The third-order valence-electron chi connectivity index (χ3n) is 2.86. The second-order valence-electron chi connectivity index (χ2n) is 4.31. The van der Waals surface area contributed by atoms with Crippen LogP contribution in [0.15, 0.2) is 40.1 Å². The highest BCUT2D eigenvalue weighted by atomic mass is 32.2. The molecule has 1 N–H and O–H groups in total. The summed E-state index contributed by atoms with van der Waals surface area (Å²) in [5.74, 6) is 0.120. The number of nitrogens with one attached hydrogen (secondary N) is 1. The second kappa shape index (κ2) is 6.81. The van der Waals surface area contributed by atoms with Crippen LogP contribution in [-0.2, 0) is 10.0 Å². The minimum absolute atomic E-state index is 0.120. The molecule has 0 amide bonds. The van der Waals surface area contributed by atoms with Crippen molar-refractivity contribution in [3.05, 3.63) is 46.0 Å². The SMILES string of the molecule is CN(CCNc1ncccc1[N+](=O)[O-])S(=O)(=O)c1cccs1. The Kier molecular flexibility index (Phi) is 5.06. The van der Waals surface area contributed by atoms with Crippen molar-refractivity contribution in [1.82, 2.24) is 9.29 Å². The maximum atomic E-state index is 12.2. The van der Waals surface area contributed by atoms with Crippen LogP contribution in [0.4, 0.5) is 11.5 Å². The minimum Gasteiger partial charge on any atom is -0.363 e. The highest BCUT2D eigenvalue weighted by Crippen LogP contribution is 2.21. The molecule has 2 rings (SSSR count). The molecule has 0 unspecified atom stereocenters. The summed E-state index contributed by atoms with van der Waals surface area (Å²) in [6, 6.07) is 6.01. The second-order valence-corrected chi connectivity index (χ2v) is 7.53. The zero-order valence-electron chi connectivity index (χ0n) is 11.7. The van der Waals surface area contributed by atoms with Gasteiger partial charge in [0.25, 0.3) is 10.0 Å². The van der Waals surface area contributed by atoms with Gasteiger partial charge in [0.15, 0.2) is 0 Å². The standard InChI is InChI=1S/C12H14N4O4S2/c1-15(22(19,20)11-5-3-9-21-11)8-7-14-12-10(16(17)18)4-2-6-13-12/h2-6,9H,7-8H2,1H3,(H,13,14). The number of anilines is 1. The van der Waals surface area contributed by atoms with E-state index < -0.39 is 14.9 Å². The van der Waals surface area contributed by atoms with E-state index in [1.54, 1.807) is 11.4 Å². The zero-order chi connectivity index (χ0) is 16.2. The first-order valence-corrected chi connectivity index (χ1v) is 8.58. The van der Waals surface area contributed by atoms with Crippen LogP contribution in [0.5, 0.6) is 0 Å². The normalized spacial score (nSPS) is 11.5. The molecule has 0 aliphatic carbocycles. The molecule has 2 aromatic rings. The summed E-state index contributed by atoms with van der Waals surface area (Å²) >= 11 is 1.14. The number of hydrogen-bond donors (Lipinski definition) is 1. The van der Waals surface area contributed by atoms with E-state index in [0.29, 0.717) is 0 Å². The van der Waals surface area contributed by atoms with Gasteiger partial charge >= 0.3 is 5.69 Å². The Morgan fingerprint density at radius 1 is 1.41 bits per heavy atom. The Hall–Kier alpha value is -2.04. The van der Waals surface area contributed by atoms with E-state index in [9.17, 15) is 18.5 Å². The number of sulfonamides is 1. The van der Waals surface area contributed by atoms with Crippen molar-refractivity contribution in [1.29, 1.82) is 0 Å². The predicted octanol–water partition coefficient (Wildman–Crippen LogP) is 1.78. The summed E-state index contributed by atoms with van der Waals surface area (Å²) < 4.78 is 25.8. The largest absolute Gasteiger partial charge is 0.363 e. The van der Waals surface area contributed by atoms with Crippen molar-refractivity contribution in [2.45, 2.75) is 4.21 Å². The number of hydrogen-bond acceptors (Lipinski definition) is 7. The predicted molar refractivity (Wildman–Crippen MR) is 83.5 cm³/mol.